The highest BCUT2D eigenvalue weighted by molar-refractivity contribution is 7.90. The molecule has 0 saturated carbocycles. The van der Waals surface area contributed by atoms with Crippen molar-refractivity contribution in [2.45, 2.75) is 35.4 Å². The third-order valence-corrected chi connectivity index (χ3v) is 5.46. The fourth-order valence-corrected chi connectivity index (χ4v) is 3.66. The molecule has 1 aromatic carbocycles. The number of hydrogen-bond acceptors (Lipinski definition) is 5. The van der Waals surface area contributed by atoms with Crippen molar-refractivity contribution in [2.24, 2.45) is 5.73 Å². The van der Waals surface area contributed by atoms with Crippen molar-refractivity contribution in [1.82, 2.24) is 9.44 Å². The number of sulfonamides is 2. The van der Waals surface area contributed by atoms with Gasteiger partial charge in [-0.3, -0.25) is 0 Å². The summed E-state index contributed by atoms with van der Waals surface area (Å²) in [6, 6.07) is 3.77. The smallest absolute Gasteiger partial charge is 0.324 e. The van der Waals surface area contributed by atoms with Crippen molar-refractivity contribution in [1.29, 1.82) is 0 Å². The van der Waals surface area contributed by atoms with E-state index in [-0.39, 0.29) is 23.8 Å². The second-order valence-electron chi connectivity index (χ2n) is 5.72. The van der Waals surface area contributed by atoms with Gasteiger partial charge < -0.3 is 5.73 Å². The molecule has 0 unspecified atom stereocenters. The Morgan fingerprint density at radius 3 is 1.48 bits per heavy atom. The van der Waals surface area contributed by atoms with Crippen LogP contribution in [-0.4, -0.2) is 41.6 Å². The molecule has 0 bridgehead atoms. The zero-order valence-electron chi connectivity index (χ0n) is 13.3. The highest BCUT2D eigenvalue weighted by atomic mass is 35.5. The van der Waals surface area contributed by atoms with Crippen molar-refractivity contribution in [3.05, 3.63) is 24.3 Å². The summed E-state index contributed by atoms with van der Waals surface area (Å²) in [5.74, 6) is 0. The Balaban J connectivity index is 0.00000576. The minimum atomic E-state index is -4.70. The monoisotopic (exact) mass is 425 g/mol. The lowest BCUT2D eigenvalue weighted by Crippen LogP contribution is -2.45. The standard InChI is InChI=1S/C12H18F3N3O4S2.ClH/c1-11(2,16)7-17-23(19,20)9-3-5-10(6-4-9)24(21,22)18-8-12(13,14)15;/h3-6,17-18H,7-8,16H2,1-2H3;1H. The van der Waals surface area contributed by atoms with Crippen LogP contribution in [0, 0.1) is 0 Å². The van der Waals surface area contributed by atoms with Gasteiger partial charge in [-0.25, -0.2) is 26.3 Å². The summed E-state index contributed by atoms with van der Waals surface area (Å²) < 4.78 is 87.3. The Morgan fingerprint density at radius 1 is 0.880 bits per heavy atom. The quantitative estimate of drug-likeness (QED) is 0.601. The first-order valence-electron chi connectivity index (χ1n) is 6.57. The number of benzene rings is 1. The highest BCUT2D eigenvalue weighted by Crippen LogP contribution is 2.17. The van der Waals surface area contributed by atoms with Crippen molar-refractivity contribution in [2.75, 3.05) is 13.1 Å². The maximum Gasteiger partial charge on any atom is 0.402 e. The largest absolute Gasteiger partial charge is 0.402 e. The Morgan fingerprint density at radius 2 is 1.20 bits per heavy atom. The predicted molar refractivity (Wildman–Crippen MR) is 88.4 cm³/mol. The Bertz CT molecular complexity index is 706. The van der Waals surface area contributed by atoms with Crippen LogP contribution in [0.3, 0.4) is 0 Å². The molecular formula is C12H19ClF3N3O4S2. The SMILES string of the molecule is CC(C)(N)CNS(=O)(=O)c1ccc(S(=O)(=O)NCC(F)(F)F)cc1.Cl. The molecule has 0 saturated heterocycles. The van der Waals surface area contributed by atoms with E-state index < -0.39 is 43.2 Å². The van der Waals surface area contributed by atoms with Crippen molar-refractivity contribution < 1.29 is 30.0 Å². The lowest BCUT2D eigenvalue weighted by atomic mass is 10.1. The van der Waals surface area contributed by atoms with E-state index in [1.807, 2.05) is 0 Å². The second kappa shape index (κ2) is 8.18. The Labute approximate surface area is 150 Å². The molecule has 0 atom stereocenters. The van der Waals surface area contributed by atoms with Crippen LogP contribution < -0.4 is 15.2 Å². The first-order chi connectivity index (χ1) is 10.6. The average Bonchev–Trinajstić information content (AvgIpc) is 2.42. The van der Waals surface area contributed by atoms with E-state index in [1.54, 1.807) is 13.8 Å². The minimum absolute atomic E-state index is 0. The molecule has 0 radical (unpaired) electrons. The van der Waals surface area contributed by atoms with Gasteiger partial charge in [0.25, 0.3) is 0 Å². The van der Waals surface area contributed by atoms with Gasteiger partial charge in [0.15, 0.2) is 0 Å². The van der Waals surface area contributed by atoms with Crippen molar-refractivity contribution in [3.63, 3.8) is 0 Å². The molecule has 0 amide bonds. The van der Waals surface area contributed by atoms with E-state index in [0.717, 1.165) is 24.3 Å². The summed E-state index contributed by atoms with van der Waals surface area (Å²) in [5.41, 5.74) is 4.87. The van der Waals surface area contributed by atoms with Gasteiger partial charge in [0, 0.05) is 12.1 Å². The Hall–Kier alpha value is -0.920. The van der Waals surface area contributed by atoms with E-state index in [9.17, 15) is 30.0 Å². The number of hydrogen-bond donors (Lipinski definition) is 3. The topological polar surface area (TPSA) is 118 Å². The number of alkyl halides is 3. The third-order valence-electron chi connectivity index (χ3n) is 2.62. The zero-order chi connectivity index (χ0) is 18.8. The molecule has 0 aliphatic carbocycles. The lowest BCUT2D eigenvalue weighted by molar-refractivity contribution is -0.121. The van der Waals surface area contributed by atoms with Crippen LogP contribution in [0.2, 0.25) is 0 Å². The van der Waals surface area contributed by atoms with E-state index in [4.69, 9.17) is 5.73 Å². The van der Waals surface area contributed by atoms with Crippen molar-refractivity contribution >= 4 is 32.5 Å². The van der Waals surface area contributed by atoms with Crippen LogP contribution in [0.25, 0.3) is 0 Å². The molecule has 0 aliphatic rings. The summed E-state index contributed by atoms with van der Waals surface area (Å²) in [6.07, 6.45) is -4.70. The van der Waals surface area contributed by atoms with E-state index in [0.29, 0.717) is 0 Å². The summed E-state index contributed by atoms with van der Waals surface area (Å²) in [5, 5.41) is 0. The minimum Gasteiger partial charge on any atom is -0.324 e. The van der Waals surface area contributed by atoms with Crippen molar-refractivity contribution in [3.8, 4) is 0 Å². The summed E-state index contributed by atoms with van der Waals surface area (Å²) in [7, 11) is -8.31. The fraction of sp³-hybridized carbons (Fsp3) is 0.500. The molecule has 0 aliphatic heterocycles. The van der Waals surface area contributed by atoms with Gasteiger partial charge in [-0.2, -0.15) is 13.2 Å². The molecule has 0 fully saturated rings. The molecule has 13 heteroatoms. The molecule has 4 N–H and O–H groups in total. The van der Waals surface area contributed by atoms with Gasteiger partial charge in [-0.05, 0) is 38.1 Å². The number of rotatable bonds is 7. The van der Waals surface area contributed by atoms with Gasteiger partial charge >= 0.3 is 6.18 Å². The van der Waals surface area contributed by atoms with E-state index in [1.165, 1.54) is 4.72 Å². The summed E-state index contributed by atoms with van der Waals surface area (Å²) >= 11 is 0. The zero-order valence-corrected chi connectivity index (χ0v) is 15.7. The van der Waals surface area contributed by atoms with Crippen LogP contribution in [0.1, 0.15) is 13.8 Å². The first-order valence-corrected chi connectivity index (χ1v) is 9.54. The molecule has 0 aromatic heterocycles. The fourth-order valence-electron chi connectivity index (χ4n) is 1.42. The van der Waals surface area contributed by atoms with E-state index >= 15 is 0 Å². The highest BCUT2D eigenvalue weighted by Gasteiger charge is 2.30. The van der Waals surface area contributed by atoms with Crippen LogP contribution >= 0.6 is 12.4 Å². The Kier molecular flexibility index (Phi) is 7.88. The number of nitrogens with one attached hydrogen (secondary N) is 2. The molecule has 7 nitrogen and oxygen atoms in total. The molecule has 25 heavy (non-hydrogen) atoms. The third kappa shape index (κ3) is 8.33. The van der Waals surface area contributed by atoms with Gasteiger partial charge in [-0.1, -0.05) is 0 Å². The van der Waals surface area contributed by atoms with Gasteiger partial charge in [0.2, 0.25) is 20.0 Å². The van der Waals surface area contributed by atoms with Crippen LogP contribution in [0.15, 0.2) is 34.1 Å². The predicted octanol–water partition coefficient (Wildman–Crippen LogP) is 0.965. The normalized spacial score (nSPS) is 13.4. The van der Waals surface area contributed by atoms with Crippen LogP contribution in [0.5, 0.6) is 0 Å². The maximum atomic E-state index is 12.1. The molecule has 1 aromatic rings. The van der Waals surface area contributed by atoms with Gasteiger partial charge in [0.1, 0.15) is 6.54 Å². The first kappa shape index (κ1) is 24.1. The average molecular weight is 426 g/mol. The second-order valence-corrected chi connectivity index (χ2v) is 9.26. The van der Waals surface area contributed by atoms with Gasteiger partial charge in [0.05, 0.1) is 9.79 Å². The molecule has 0 heterocycles. The van der Waals surface area contributed by atoms with Crippen LogP contribution in [0.4, 0.5) is 13.2 Å². The summed E-state index contributed by atoms with van der Waals surface area (Å²) in [6.45, 7) is 1.44. The summed E-state index contributed by atoms with van der Waals surface area (Å²) in [4.78, 5) is -0.716. The molecule has 1 rings (SSSR count). The number of halogens is 4. The maximum absolute atomic E-state index is 12.1. The molecule has 146 valence electrons. The van der Waals surface area contributed by atoms with Gasteiger partial charge in [-0.15, -0.1) is 12.4 Å². The molecular weight excluding hydrogens is 407 g/mol. The lowest BCUT2D eigenvalue weighted by Gasteiger charge is -2.19. The van der Waals surface area contributed by atoms with Crippen LogP contribution in [-0.2, 0) is 20.0 Å². The molecule has 0 spiro atoms. The number of nitrogens with two attached hydrogens (primary N) is 1. The van der Waals surface area contributed by atoms with E-state index in [2.05, 4.69) is 4.72 Å².